The molecule has 2 heterocycles. The number of carbonyl (C=O) groups is 2. The van der Waals surface area contributed by atoms with E-state index in [1.165, 1.54) is 0 Å². The molecule has 6 heteroatoms. The summed E-state index contributed by atoms with van der Waals surface area (Å²) in [5.41, 5.74) is 1.71. The number of aromatic nitrogens is 1. The van der Waals surface area contributed by atoms with Crippen molar-refractivity contribution in [3.05, 3.63) is 30.5 Å². The van der Waals surface area contributed by atoms with Crippen molar-refractivity contribution < 1.29 is 14.3 Å². The van der Waals surface area contributed by atoms with E-state index in [1.54, 1.807) is 6.92 Å². The first kappa shape index (κ1) is 15.6. The Labute approximate surface area is 134 Å². The van der Waals surface area contributed by atoms with Crippen LogP contribution in [-0.4, -0.2) is 35.6 Å². The SMILES string of the molecule is CCOC(=O)Cn1ccc2cc(NC(=O)C3CCCN3)ccc21. The van der Waals surface area contributed by atoms with Crippen LogP contribution in [0.15, 0.2) is 30.5 Å². The van der Waals surface area contributed by atoms with Crippen LogP contribution in [0.25, 0.3) is 10.9 Å². The van der Waals surface area contributed by atoms with Gasteiger partial charge in [0.25, 0.3) is 0 Å². The number of esters is 1. The van der Waals surface area contributed by atoms with Gasteiger partial charge in [0.05, 0.1) is 12.6 Å². The molecule has 1 atom stereocenters. The summed E-state index contributed by atoms with van der Waals surface area (Å²) in [6.07, 6.45) is 3.77. The van der Waals surface area contributed by atoms with Crippen LogP contribution in [0.1, 0.15) is 19.8 Å². The van der Waals surface area contributed by atoms with Crippen molar-refractivity contribution in [1.82, 2.24) is 9.88 Å². The molecular formula is C17H21N3O3. The van der Waals surface area contributed by atoms with E-state index in [9.17, 15) is 9.59 Å². The van der Waals surface area contributed by atoms with Crippen molar-refractivity contribution in [2.45, 2.75) is 32.4 Å². The Kier molecular flexibility index (Phi) is 4.62. The van der Waals surface area contributed by atoms with Gasteiger partial charge in [-0.25, -0.2) is 0 Å². The Bertz CT molecular complexity index is 717. The summed E-state index contributed by atoms with van der Waals surface area (Å²) >= 11 is 0. The van der Waals surface area contributed by atoms with Crippen LogP contribution >= 0.6 is 0 Å². The van der Waals surface area contributed by atoms with Crippen LogP contribution in [-0.2, 0) is 20.9 Å². The molecule has 1 unspecified atom stereocenters. The van der Waals surface area contributed by atoms with Crippen molar-refractivity contribution >= 4 is 28.5 Å². The number of hydrogen-bond acceptors (Lipinski definition) is 4. The average Bonchev–Trinajstić information content (AvgIpc) is 3.17. The van der Waals surface area contributed by atoms with Gasteiger partial charge in [-0.15, -0.1) is 0 Å². The molecule has 0 bridgehead atoms. The maximum Gasteiger partial charge on any atom is 0.325 e. The Morgan fingerprint density at radius 2 is 2.26 bits per heavy atom. The van der Waals surface area contributed by atoms with E-state index in [1.807, 2.05) is 35.0 Å². The second-order valence-electron chi connectivity index (χ2n) is 5.66. The number of hydrogen-bond donors (Lipinski definition) is 2. The molecule has 1 saturated heterocycles. The van der Waals surface area contributed by atoms with E-state index in [2.05, 4.69) is 10.6 Å². The van der Waals surface area contributed by atoms with Crippen LogP contribution in [0.5, 0.6) is 0 Å². The lowest BCUT2D eigenvalue weighted by molar-refractivity contribution is -0.143. The van der Waals surface area contributed by atoms with Crippen LogP contribution in [0.3, 0.4) is 0 Å². The molecule has 1 amide bonds. The summed E-state index contributed by atoms with van der Waals surface area (Å²) < 4.78 is 6.82. The quantitative estimate of drug-likeness (QED) is 0.827. The number of nitrogens with one attached hydrogen (secondary N) is 2. The molecule has 2 N–H and O–H groups in total. The summed E-state index contributed by atoms with van der Waals surface area (Å²) in [7, 11) is 0. The summed E-state index contributed by atoms with van der Waals surface area (Å²) in [6, 6.07) is 7.52. The minimum Gasteiger partial charge on any atom is -0.465 e. The fourth-order valence-corrected chi connectivity index (χ4v) is 2.90. The zero-order valence-electron chi connectivity index (χ0n) is 13.2. The maximum atomic E-state index is 12.1. The van der Waals surface area contributed by atoms with E-state index in [4.69, 9.17) is 4.74 Å². The van der Waals surface area contributed by atoms with Gasteiger partial charge in [-0.05, 0) is 50.6 Å². The van der Waals surface area contributed by atoms with E-state index in [0.717, 1.165) is 36.0 Å². The molecule has 0 aliphatic carbocycles. The molecule has 6 nitrogen and oxygen atoms in total. The smallest absolute Gasteiger partial charge is 0.325 e. The number of fused-ring (bicyclic) bond motifs is 1. The van der Waals surface area contributed by atoms with Gasteiger partial charge in [0.15, 0.2) is 0 Å². The number of rotatable bonds is 5. The lowest BCUT2D eigenvalue weighted by Gasteiger charge is -2.11. The summed E-state index contributed by atoms with van der Waals surface area (Å²) in [4.78, 5) is 23.7. The molecule has 1 aromatic carbocycles. The van der Waals surface area contributed by atoms with Gasteiger partial charge in [0.2, 0.25) is 5.91 Å². The lowest BCUT2D eigenvalue weighted by Crippen LogP contribution is -2.35. The highest BCUT2D eigenvalue weighted by Gasteiger charge is 2.21. The van der Waals surface area contributed by atoms with E-state index >= 15 is 0 Å². The maximum absolute atomic E-state index is 12.1. The fourth-order valence-electron chi connectivity index (χ4n) is 2.90. The molecule has 1 aliphatic rings. The zero-order valence-corrected chi connectivity index (χ0v) is 13.2. The third kappa shape index (κ3) is 3.53. The third-order valence-corrected chi connectivity index (χ3v) is 4.02. The minimum absolute atomic E-state index is 0.00723. The zero-order chi connectivity index (χ0) is 16.2. The van der Waals surface area contributed by atoms with Gasteiger partial charge in [-0.3, -0.25) is 9.59 Å². The van der Waals surface area contributed by atoms with Crippen LogP contribution in [0.2, 0.25) is 0 Å². The number of nitrogens with zero attached hydrogens (tertiary/aromatic N) is 1. The Morgan fingerprint density at radius 1 is 1.39 bits per heavy atom. The Morgan fingerprint density at radius 3 is 3.00 bits per heavy atom. The van der Waals surface area contributed by atoms with Crippen LogP contribution in [0, 0.1) is 0 Å². The van der Waals surface area contributed by atoms with Gasteiger partial charge in [0.1, 0.15) is 6.54 Å². The van der Waals surface area contributed by atoms with Crippen LogP contribution < -0.4 is 10.6 Å². The van der Waals surface area contributed by atoms with E-state index in [0.29, 0.717) is 6.61 Å². The first-order chi connectivity index (χ1) is 11.2. The third-order valence-electron chi connectivity index (χ3n) is 4.02. The predicted octanol–water partition coefficient (Wildman–Crippen LogP) is 1.89. The fraction of sp³-hybridized carbons (Fsp3) is 0.412. The topological polar surface area (TPSA) is 72.4 Å². The van der Waals surface area contributed by atoms with Crippen molar-refractivity contribution in [3.8, 4) is 0 Å². The first-order valence-electron chi connectivity index (χ1n) is 7.96. The monoisotopic (exact) mass is 315 g/mol. The summed E-state index contributed by atoms with van der Waals surface area (Å²) in [6.45, 7) is 3.26. The summed E-state index contributed by atoms with van der Waals surface area (Å²) in [5, 5.41) is 7.11. The van der Waals surface area contributed by atoms with Gasteiger partial charge in [0, 0.05) is 22.8 Å². The van der Waals surface area contributed by atoms with Crippen molar-refractivity contribution in [3.63, 3.8) is 0 Å². The summed E-state index contributed by atoms with van der Waals surface area (Å²) in [5.74, 6) is -0.248. The lowest BCUT2D eigenvalue weighted by atomic mass is 10.2. The molecule has 1 aromatic heterocycles. The number of anilines is 1. The van der Waals surface area contributed by atoms with Crippen LogP contribution in [0.4, 0.5) is 5.69 Å². The molecule has 0 spiro atoms. The predicted molar refractivity (Wildman–Crippen MR) is 88.2 cm³/mol. The molecule has 3 rings (SSSR count). The molecule has 0 radical (unpaired) electrons. The number of carbonyl (C=O) groups excluding carboxylic acids is 2. The first-order valence-corrected chi connectivity index (χ1v) is 7.96. The second kappa shape index (κ2) is 6.83. The number of amides is 1. The second-order valence-corrected chi connectivity index (χ2v) is 5.66. The molecule has 23 heavy (non-hydrogen) atoms. The number of ether oxygens (including phenoxy) is 1. The van der Waals surface area contributed by atoms with Gasteiger partial charge >= 0.3 is 5.97 Å². The van der Waals surface area contributed by atoms with Gasteiger partial charge < -0.3 is 19.9 Å². The molecular weight excluding hydrogens is 294 g/mol. The Hall–Kier alpha value is -2.34. The van der Waals surface area contributed by atoms with Crippen molar-refractivity contribution in [2.24, 2.45) is 0 Å². The largest absolute Gasteiger partial charge is 0.465 e. The normalized spacial score (nSPS) is 17.3. The van der Waals surface area contributed by atoms with Gasteiger partial charge in [-0.1, -0.05) is 0 Å². The number of benzene rings is 1. The molecule has 1 fully saturated rings. The highest BCUT2D eigenvalue weighted by molar-refractivity contribution is 5.97. The average molecular weight is 315 g/mol. The molecule has 1 aliphatic heterocycles. The Balaban J connectivity index is 1.72. The highest BCUT2D eigenvalue weighted by atomic mass is 16.5. The minimum atomic E-state index is -0.255. The van der Waals surface area contributed by atoms with E-state index in [-0.39, 0.29) is 24.5 Å². The molecule has 0 saturated carbocycles. The molecule has 2 aromatic rings. The standard InChI is InChI=1S/C17H21N3O3/c1-2-23-16(21)11-20-9-7-12-10-13(5-6-15(12)20)19-17(22)14-4-3-8-18-14/h5-7,9-10,14,18H,2-4,8,11H2,1H3,(H,19,22). The molecule has 122 valence electrons. The van der Waals surface area contributed by atoms with Crippen molar-refractivity contribution in [2.75, 3.05) is 18.5 Å². The van der Waals surface area contributed by atoms with Gasteiger partial charge in [-0.2, -0.15) is 0 Å². The van der Waals surface area contributed by atoms with Crippen molar-refractivity contribution in [1.29, 1.82) is 0 Å². The van der Waals surface area contributed by atoms with E-state index < -0.39 is 0 Å². The highest BCUT2D eigenvalue weighted by Crippen LogP contribution is 2.21.